The summed E-state index contributed by atoms with van der Waals surface area (Å²) in [6.07, 6.45) is 1.61. The number of hydrogen-bond acceptors (Lipinski definition) is 3. The molecule has 1 aliphatic heterocycles. The van der Waals surface area contributed by atoms with Crippen LogP contribution in [0.3, 0.4) is 0 Å². The number of amides is 1. The number of aromatic nitrogens is 1. The first-order chi connectivity index (χ1) is 8.49. The monoisotopic (exact) mass is 248 g/mol. The Kier molecular flexibility index (Phi) is 3.32. The van der Waals surface area contributed by atoms with Crippen molar-refractivity contribution in [1.29, 1.82) is 0 Å². The molecule has 1 unspecified atom stereocenters. The van der Waals surface area contributed by atoms with Crippen molar-refractivity contribution in [2.75, 3.05) is 13.1 Å². The van der Waals surface area contributed by atoms with Crippen LogP contribution < -0.4 is 0 Å². The Labute approximate surface area is 105 Å². The van der Waals surface area contributed by atoms with Gasteiger partial charge >= 0.3 is 5.97 Å². The van der Waals surface area contributed by atoms with Crippen LogP contribution in [0.2, 0.25) is 0 Å². The molecule has 1 atom stereocenters. The SMILES string of the molecule is Cc1cc(C(=O)N2CC(C(C)C(=O)O)C2)ccn1. The maximum absolute atomic E-state index is 12.1. The number of carbonyl (C=O) groups excluding carboxylic acids is 1. The molecule has 2 heterocycles. The fourth-order valence-electron chi connectivity index (χ4n) is 2.06. The van der Waals surface area contributed by atoms with Gasteiger partial charge < -0.3 is 10.0 Å². The highest BCUT2D eigenvalue weighted by molar-refractivity contribution is 5.94. The molecule has 1 N–H and O–H groups in total. The molecule has 1 aromatic rings. The number of carboxylic acid groups (broad SMARTS) is 1. The number of hydrogen-bond donors (Lipinski definition) is 1. The van der Waals surface area contributed by atoms with E-state index >= 15 is 0 Å². The van der Waals surface area contributed by atoms with E-state index in [1.165, 1.54) is 0 Å². The summed E-state index contributed by atoms with van der Waals surface area (Å²) < 4.78 is 0. The standard InChI is InChI=1S/C13H16N2O3/c1-8-5-10(3-4-14-8)12(16)15-6-11(7-15)9(2)13(17)18/h3-5,9,11H,6-7H2,1-2H3,(H,17,18). The average molecular weight is 248 g/mol. The van der Waals surface area contributed by atoms with Gasteiger partial charge in [0.25, 0.3) is 5.91 Å². The lowest BCUT2D eigenvalue weighted by molar-refractivity contribution is -0.144. The quantitative estimate of drug-likeness (QED) is 0.872. The molecule has 0 saturated carbocycles. The van der Waals surface area contributed by atoms with Crippen LogP contribution in [0.1, 0.15) is 23.0 Å². The Balaban J connectivity index is 1.96. The topological polar surface area (TPSA) is 70.5 Å². The Morgan fingerprint density at radius 2 is 2.17 bits per heavy atom. The first-order valence-electron chi connectivity index (χ1n) is 5.93. The third-order valence-electron chi connectivity index (χ3n) is 3.44. The van der Waals surface area contributed by atoms with Gasteiger partial charge in [-0.3, -0.25) is 14.6 Å². The van der Waals surface area contributed by atoms with Crippen LogP contribution in [0.15, 0.2) is 18.3 Å². The molecule has 0 aromatic carbocycles. The minimum Gasteiger partial charge on any atom is -0.481 e. The van der Waals surface area contributed by atoms with Crippen LogP contribution in [-0.2, 0) is 4.79 Å². The van der Waals surface area contributed by atoms with Gasteiger partial charge in [-0.15, -0.1) is 0 Å². The van der Waals surface area contributed by atoms with Gasteiger partial charge in [-0.2, -0.15) is 0 Å². The number of likely N-dealkylation sites (tertiary alicyclic amines) is 1. The number of aryl methyl sites for hydroxylation is 1. The van der Waals surface area contributed by atoms with E-state index in [0.717, 1.165) is 5.69 Å². The molecular formula is C13H16N2O3. The Hall–Kier alpha value is -1.91. The van der Waals surface area contributed by atoms with E-state index in [4.69, 9.17) is 5.11 Å². The van der Waals surface area contributed by atoms with Crippen LogP contribution in [0.25, 0.3) is 0 Å². The van der Waals surface area contributed by atoms with Crippen molar-refractivity contribution < 1.29 is 14.7 Å². The van der Waals surface area contributed by atoms with Gasteiger partial charge in [-0.1, -0.05) is 6.92 Å². The smallest absolute Gasteiger partial charge is 0.306 e. The van der Waals surface area contributed by atoms with E-state index in [-0.39, 0.29) is 11.8 Å². The molecule has 5 heteroatoms. The van der Waals surface area contributed by atoms with E-state index in [1.807, 2.05) is 6.92 Å². The van der Waals surface area contributed by atoms with Crippen molar-refractivity contribution in [2.45, 2.75) is 13.8 Å². The zero-order valence-corrected chi connectivity index (χ0v) is 10.5. The molecule has 1 aromatic heterocycles. The minimum atomic E-state index is -0.799. The van der Waals surface area contributed by atoms with Crippen LogP contribution in [0, 0.1) is 18.8 Å². The molecule has 1 saturated heterocycles. The van der Waals surface area contributed by atoms with Crippen LogP contribution in [0.5, 0.6) is 0 Å². The summed E-state index contributed by atoms with van der Waals surface area (Å²) in [5.74, 6) is -1.18. The maximum Gasteiger partial charge on any atom is 0.306 e. The molecule has 1 fully saturated rings. The van der Waals surface area contributed by atoms with Crippen molar-refractivity contribution in [3.05, 3.63) is 29.6 Å². The number of rotatable bonds is 3. The van der Waals surface area contributed by atoms with Gasteiger partial charge in [-0.05, 0) is 19.1 Å². The molecule has 0 radical (unpaired) electrons. The summed E-state index contributed by atoms with van der Waals surface area (Å²) in [4.78, 5) is 28.6. The zero-order chi connectivity index (χ0) is 13.3. The Morgan fingerprint density at radius 1 is 1.50 bits per heavy atom. The van der Waals surface area contributed by atoms with Crippen molar-refractivity contribution >= 4 is 11.9 Å². The molecular weight excluding hydrogens is 232 g/mol. The average Bonchev–Trinajstić information content (AvgIpc) is 2.26. The van der Waals surface area contributed by atoms with Crippen molar-refractivity contribution in [2.24, 2.45) is 11.8 Å². The number of pyridine rings is 1. The fourth-order valence-corrected chi connectivity index (χ4v) is 2.06. The van der Waals surface area contributed by atoms with Gasteiger partial charge in [0, 0.05) is 36.5 Å². The lowest BCUT2D eigenvalue weighted by atomic mass is 9.86. The predicted octanol–water partition coefficient (Wildman–Crippen LogP) is 1.18. The molecule has 18 heavy (non-hydrogen) atoms. The molecule has 2 rings (SSSR count). The van der Waals surface area contributed by atoms with Crippen LogP contribution in [0.4, 0.5) is 0 Å². The van der Waals surface area contributed by atoms with Gasteiger partial charge in [0.05, 0.1) is 5.92 Å². The summed E-state index contributed by atoms with van der Waals surface area (Å²) >= 11 is 0. The third kappa shape index (κ3) is 2.34. The molecule has 0 bridgehead atoms. The largest absolute Gasteiger partial charge is 0.481 e. The van der Waals surface area contributed by atoms with E-state index < -0.39 is 11.9 Å². The van der Waals surface area contributed by atoms with Gasteiger partial charge in [-0.25, -0.2) is 0 Å². The second-order valence-electron chi connectivity index (χ2n) is 4.78. The first kappa shape index (κ1) is 12.5. The summed E-state index contributed by atoms with van der Waals surface area (Å²) in [6.45, 7) is 4.56. The second kappa shape index (κ2) is 4.76. The van der Waals surface area contributed by atoms with E-state index in [0.29, 0.717) is 18.7 Å². The minimum absolute atomic E-state index is 0.0469. The highest BCUT2D eigenvalue weighted by Gasteiger charge is 2.37. The fraction of sp³-hybridized carbons (Fsp3) is 0.462. The van der Waals surface area contributed by atoms with Crippen molar-refractivity contribution in [3.8, 4) is 0 Å². The lowest BCUT2D eigenvalue weighted by Crippen LogP contribution is -2.53. The predicted molar refractivity (Wildman–Crippen MR) is 65.2 cm³/mol. The van der Waals surface area contributed by atoms with E-state index in [2.05, 4.69) is 4.98 Å². The zero-order valence-electron chi connectivity index (χ0n) is 10.5. The summed E-state index contributed by atoms with van der Waals surface area (Å²) in [5, 5.41) is 8.88. The summed E-state index contributed by atoms with van der Waals surface area (Å²) in [5.41, 5.74) is 1.42. The molecule has 1 amide bonds. The maximum atomic E-state index is 12.1. The van der Waals surface area contributed by atoms with Crippen molar-refractivity contribution in [3.63, 3.8) is 0 Å². The summed E-state index contributed by atoms with van der Waals surface area (Å²) in [6, 6.07) is 3.43. The number of carbonyl (C=O) groups is 2. The highest BCUT2D eigenvalue weighted by Crippen LogP contribution is 2.25. The van der Waals surface area contributed by atoms with Gasteiger partial charge in [0.1, 0.15) is 0 Å². The molecule has 0 aliphatic carbocycles. The normalized spacial score (nSPS) is 17.1. The third-order valence-corrected chi connectivity index (χ3v) is 3.44. The van der Waals surface area contributed by atoms with E-state index in [1.54, 1.807) is 30.2 Å². The number of nitrogens with zero attached hydrogens (tertiary/aromatic N) is 2. The lowest BCUT2D eigenvalue weighted by Gasteiger charge is -2.41. The number of carboxylic acids is 1. The van der Waals surface area contributed by atoms with E-state index in [9.17, 15) is 9.59 Å². The first-order valence-corrected chi connectivity index (χ1v) is 5.93. The van der Waals surface area contributed by atoms with Gasteiger partial charge in [0.2, 0.25) is 0 Å². The second-order valence-corrected chi connectivity index (χ2v) is 4.78. The van der Waals surface area contributed by atoms with Crippen molar-refractivity contribution in [1.82, 2.24) is 9.88 Å². The Morgan fingerprint density at radius 3 is 2.72 bits per heavy atom. The molecule has 0 spiro atoms. The number of aliphatic carboxylic acids is 1. The summed E-state index contributed by atoms with van der Waals surface area (Å²) in [7, 11) is 0. The molecule has 1 aliphatic rings. The molecule has 5 nitrogen and oxygen atoms in total. The van der Waals surface area contributed by atoms with Crippen LogP contribution >= 0.6 is 0 Å². The van der Waals surface area contributed by atoms with Crippen LogP contribution in [-0.4, -0.2) is 40.0 Å². The molecule has 96 valence electrons. The highest BCUT2D eigenvalue weighted by atomic mass is 16.4. The van der Waals surface area contributed by atoms with Gasteiger partial charge in [0.15, 0.2) is 0 Å². The Bertz CT molecular complexity index is 481.